The summed E-state index contributed by atoms with van der Waals surface area (Å²) >= 11 is 0. The number of rotatable bonds is 23. The van der Waals surface area contributed by atoms with Gasteiger partial charge in [0.1, 0.15) is 0 Å². The van der Waals surface area contributed by atoms with Crippen LogP contribution in [-0.4, -0.2) is 52.9 Å². The van der Waals surface area contributed by atoms with Gasteiger partial charge in [-0.15, -0.1) is 0 Å². The molecule has 6 unspecified atom stereocenters. The second kappa shape index (κ2) is 21.4. The molecular formula is C28H58O4. The van der Waals surface area contributed by atoms with Crippen LogP contribution in [0.15, 0.2) is 0 Å². The zero-order valence-corrected chi connectivity index (χ0v) is 23.0. The Morgan fingerprint density at radius 3 is 1.19 bits per heavy atom. The molecule has 4 heteroatoms. The van der Waals surface area contributed by atoms with Gasteiger partial charge in [-0.3, -0.25) is 0 Å². The van der Waals surface area contributed by atoms with Crippen LogP contribution in [0.3, 0.4) is 0 Å². The summed E-state index contributed by atoms with van der Waals surface area (Å²) in [4.78, 5) is 0. The highest BCUT2D eigenvalue weighted by Gasteiger charge is 2.11. The third-order valence-corrected chi connectivity index (χ3v) is 6.45. The highest BCUT2D eigenvalue weighted by atomic mass is 16.5. The van der Waals surface area contributed by atoms with Crippen molar-refractivity contribution in [2.24, 2.45) is 35.5 Å². The predicted molar refractivity (Wildman–Crippen MR) is 137 cm³/mol. The SMILES string of the molecule is CCC(C)COCC(C)COCC(C)COCC(C)CCCC(CC)COCC(C)CC. The molecular weight excluding hydrogens is 400 g/mol. The molecule has 0 amide bonds. The Balaban J connectivity index is 3.69. The minimum atomic E-state index is 0.433. The maximum absolute atomic E-state index is 5.98. The molecule has 0 bridgehead atoms. The minimum Gasteiger partial charge on any atom is -0.381 e. The lowest BCUT2D eigenvalue weighted by molar-refractivity contribution is 0.00516. The van der Waals surface area contributed by atoms with Crippen molar-refractivity contribution < 1.29 is 18.9 Å². The molecule has 0 aromatic rings. The van der Waals surface area contributed by atoms with E-state index in [-0.39, 0.29) is 0 Å². The van der Waals surface area contributed by atoms with Crippen molar-refractivity contribution in [3.63, 3.8) is 0 Å². The van der Waals surface area contributed by atoms with E-state index in [0.29, 0.717) is 35.5 Å². The van der Waals surface area contributed by atoms with Crippen LogP contribution in [0.4, 0.5) is 0 Å². The molecule has 0 aliphatic heterocycles. The zero-order chi connectivity index (χ0) is 24.2. The standard InChI is InChI=1S/C28H58O4/c1-9-23(4)15-29-18-26(7)20-31-21-27(8)19-30-17-25(6)13-12-14-28(11-3)22-32-16-24(5)10-2/h23-28H,9-22H2,1-8H3. The molecule has 0 spiro atoms. The van der Waals surface area contributed by atoms with Gasteiger partial charge in [0, 0.05) is 38.3 Å². The van der Waals surface area contributed by atoms with Gasteiger partial charge in [-0.05, 0) is 36.5 Å². The highest BCUT2D eigenvalue weighted by molar-refractivity contribution is 4.61. The summed E-state index contributed by atoms with van der Waals surface area (Å²) in [7, 11) is 0. The number of hydrogen-bond donors (Lipinski definition) is 0. The summed E-state index contributed by atoms with van der Waals surface area (Å²) in [5.41, 5.74) is 0. The van der Waals surface area contributed by atoms with E-state index >= 15 is 0 Å². The maximum atomic E-state index is 5.98. The Morgan fingerprint density at radius 1 is 0.406 bits per heavy atom. The lowest BCUT2D eigenvalue weighted by atomic mass is 9.96. The van der Waals surface area contributed by atoms with Gasteiger partial charge >= 0.3 is 0 Å². The maximum Gasteiger partial charge on any atom is 0.0513 e. The van der Waals surface area contributed by atoms with Crippen LogP contribution >= 0.6 is 0 Å². The molecule has 0 aliphatic carbocycles. The first-order valence-electron chi connectivity index (χ1n) is 13.6. The summed E-state index contributed by atoms with van der Waals surface area (Å²) in [6, 6.07) is 0. The van der Waals surface area contributed by atoms with E-state index < -0.39 is 0 Å². The molecule has 194 valence electrons. The second-order valence-electron chi connectivity index (χ2n) is 10.7. The quantitative estimate of drug-likeness (QED) is 0.162. The van der Waals surface area contributed by atoms with Crippen LogP contribution < -0.4 is 0 Å². The Labute approximate surface area is 201 Å². The molecule has 32 heavy (non-hydrogen) atoms. The molecule has 0 radical (unpaired) electrons. The highest BCUT2D eigenvalue weighted by Crippen LogP contribution is 2.17. The van der Waals surface area contributed by atoms with Crippen molar-refractivity contribution >= 4 is 0 Å². The normalized spacial score (nSPS) is 17.6. The Hall–Kier alpha value is -0.160. The van der Waals surface area contributed by atoms with Gasteiger partial charge in [0.15, 0.2) is 0 Å². The predicted octanol–water partition coefficient (Wildman–Crippen LogP) is 7.25. The van der Waals surface area contributed by atoms with Crippen molar-refractivity contribution in [2.45, 2.75) is 93.9 Å². The molecule has 0 saturated heterocycles. The van der Waals surface area contributed by atoms with Gasteiger partial charge < -0.3 is 18.9 Å². The van der Waals surface area contributed by atoms with Gasteiger partial charge in [-0.1, -0.05) is 81.1 Å². The van der Waals surface area contributed by atoms with Crippen LogP contribution in [0.25, 0.3) is 0 Å². The molecule has 0 heterocycles. The van der Waals surface area contributed by atoms with Gasteiger partial charge in [0.25, 0.3) is 0 Å². The molecule has 0 aromatic carbocycles. The third-order valence-electron chi connectivity index (χ3n) is 6.45. The number of hydrogen-bond acceptors (Lipinski definition) is 4. The monoisotopic (exact) mass is 458 g/mol. The molecule has 0 fully saturated rings. The van der Waals surface area contributed by atoms with E-state index in [1.54, 1.807) is 0 Å². The molecule has 0 aromatic heterocycles. The summed E-state index contributed by atoms with van der Waals surface area (Å²) in [5.74, 6) is 3.51. The molecule has 6 atom stereocenters. The minimum absolute atomic E-state index is 0.433. The lowest BCUT2D eigenvalue weighted by Gasteiger charge is -2.19. The van der Waals surface area contributed by atoms with Crippen LogP contribution in [-0.2, 0) is 18.9 Å². The second-order valence-corrected chi connectivity index (χ2v) is 10.7. The van der Waals surface area contributed by atoms with Gasteiger partial charge in [0.2, 0.25) is 0 Å². The summed E-state index contributed by atoms with van der Waals surface area (Å²) in [5, 5.41) is 0. The molecule has 4 nitrogen and oxygen atoms in total. The van der Waals surface area contributed by atoms with Crippen LogP contribution in [0.2, 0.25) is 0 Å². The van der Waals surface area contributed by atoms with E-state index in [1.165, 1.54) is 38.5 Å². The van der Waals surface area contributed by atoms with Gasteiger partial charge in [-0.25, -0.2) is 0 Å². The average molecular weight is 459 g/mol. The van der Waals surface area contributed by atoms with Crippen molar-refractivity contribution in [1.29, 1.82) is 0 Å². The molecule has 0 N–H and O–H groups in total. The summed E-state index contributed by atoms with van der Waals surface area (Å²) in [6.07, 6.45) is 7.36. The van der Waals surface area contributed by atoms with E-state index in [9.17, 15) is 0 Å². The van der Waals surface area contributed by atoms with Crippen LogP contribution in [0.1, 0.15) is 93.9 Å². The third kappa shape index (κ3) is 19.3. The van der Waals surface area contributed by atoms with E-state index in [0.717, 1.165) is 52.9 Å². The zero-order valence-electron chi connectivity index (χ0n) is 23.0. The van der Waals surface area contributed by atoms with Gasteiger partial charge in [-0.2, -0.15) is 0 Å². The Morgan fingerprint density at radius 2 is 0.781 bits per heavy atom. The summed E-state index contributed by atoms with van der Waals surface area (Å²) < 4.78 is 23.6. The Kier molecular flexibility index (Phi) is 21.3. The van der Waals surface area contributed by atoms with Crippen molar-refractivity contribution in [3.05, 3.63) is 0 Å². The number of ether oxygens (including phenoxy) is 4. The van der Waals surface area contributed by atoms with Crippen LogP contribution in [0.5, 0.6) is 0 Å². The van der Waals surface area contributed by atoms with Crippen LogP contribution in [0, 0.1) is 35.5 Å². The fraction of sp³-hybridized carbons (Fsp3) is 1.00. The lowest BCUT2D eigenvalue weighted by Crippen LogP contribution is -2.20. The Bertz CT molecular complexity index is 390. The first kappa shape index (κ1) is 31.8. The van der Waals surface area contributed by atoms with E-state index in [1.807, 2.05) is 0 Å². The molecule has 0 rings (SSSR count). The summed E-state index contributed by atoms with van der Waals surface area (Å²) in [6.45, 7) is 24.6. The van der Waals surface area contributed by atoms with Gasteiger partial charge in [0.05, 0.1) is 26.4 Å². The largest absolute Gasteiger partial charge is 0.381 e. The topological polar surface area (TPSA) is 36.9 Å². The first-order chi connectivity index (χ1) is 15.3. The van der Waals surface area contributed by atoms with E-state index in [4.69, 9.17) is 18.9 Å². The van der Waals surface area contributed by atoms with Crippen molar-refractivity contribution in [2.75, 3.05) is 52.9 Å². The first-order valence-corrected chi connectivity index (χ1v) is 13.6. The fourth-order valence-corrected chi connectivity index (χ4v) is 3.42. The fourth-order valence-electron chi connectivity index (χ4n) is 3.42. The molecule has 0 saturated carbocycles. The molecule has 0 aliphatic rings. The van der Waals surface area contributed by atoms with E-state index in [2.05, 4.69) is 55.4 Å². The van der Waals surface area contributed by atoms with Crippen molar-refractivity contribution in [3.8, 4) is 0 Å². The average Bonchev–Trinajstić information content (AvgIpc) is 2.77. The van der Waals surface area contributed by atoms with Crippen molar-refractivity contribution in [1.82, 2.24) is 0 Å². The smallest absolute Gasteiger partial charge is 0.0513 e.